The van der Waals surface area contributed by atoms with Gasteiger partial charge in [-0.05, 0) is 12.2 Å². The molecule has 0 spiro atoms. The Labute approximate surface area is 60.2 Å². The smallest absolute Gasteiger partial charge is 0.406 e. The minimum atomic E-state index is -0.378. The third kappa shape index (κ3) is 5.49. The molecule has 0 aliphatic rings. The van der Waals surface area contributed by atoms with Crippen molar-refractivity contribution in [1.82, 2.24) is 5.32 Å². The summed E-state index contributed by atoms with van der Waals surface area (Å²) in [6, 6.07) is 0. The van der Waals surface area contributed by atoms with Crippen molar-refractivity contribution in [2.24, 2.45) is 0 Å². The van der Waals surface area contributed by atoms with Crippen LogP contribution in [0.15, 0.2) is 0 Å². The maximum absolute atomic E-state index is 10.3. The van der Waals surface area contributed by atoms with Gasteiger partial charge in [-0.25, -0.2) is 4.79 Å². The zero-order valence-corrected chi connectivity index (χ0v) is 6.28. The molecule has 9 heavy (non-hydrogen) atoms. The number of hydrogen-bond donors (Lipinski definition) is 2. The second-order valence-electron chi connectivity index (χ2n) is 1.50. The molecule has 0 saturated heterocycles. The van der Waals surface area contributed by atoms with E-state index in [0.29, 0.717) is 6.54 Å². The molecule has 0 aromatic carbocycles. The van der Waals surface area contributed by atoms with E-state index in [9.17, 15) is 4.79 Å². The average molecular weight is 149 g/mol. The van der Waals surface area contributed by atoms with E-state index in [1.165, 1.54) is 7.11 Å². The van der Waals surface area contributed by atoms with Crippen LogP contribution in [-0.4, -0.2) is 25.5 Å². The van der Waals surface area contributed by atoms with Gasteiger partial charge >= 0.3 is 6.09 Å². The first-order valence-electron chi connectivity index (χ1n) is 2.74. The highest BCUT2D eigenvalue weighted by atomic mass is 32.1. The van der Waals surface area contributed by atoms with E-state index in [-0.39, 0.29) is 6.09 Å². The summed E-state index contributed by atoms with van der Waals surface area (Å²) < 4.78 is 4.32. The molecule has 0 aliphatic heterocycles. The molecular weight excluding hydrogens is 138 g/mol. The number of amides is 1. The molecule has 0 bridgehead atoms. The Morgan fingerprint density at radius 1 is 1.78 bits per heavy atom. The number of methoxy groups -OCH3 is 1. The highest BCUT2D eigenvalue weighted by Crippen LogP contribution is 1.80. The maximum atomic E-state index is 10.3. The Balaban J connectivity index is 2.97. The number of nitrogens with one attached hydrogen (secondary N) is 1. The van der Waals surface area contributed by atoms with E-state index in [4.69, 9.17) is 0 Å². The fourth-order valence-corrected chi connectivity index (χ4v) is 0.500. The third-order valence-corrected chi connectivity index (χ3v) is 1.11. The van der Waals surface area contributed by atoms with Crippen molar-refractivity contribution in [1.29, 1.82) is 0 Å². The molecule has 54 valence electrons. The van der Waals surface area contributed by atoms with Crippen LogP contribution in [0.4, 0.5) is 4.79 Å². The van der Waals surface area contributed by atoms with Crippen molar-refractivity contribution < 1.29 is 9.53 Å². The lowest BCUT2D eigenvalue weighted by Crippen LogP contribution is -2.24. The molecule has 0 unspecified atom stereocenters. The lowest BCUT2D eigenvalue weighted by atomic mass is 10.5. The Morgan fingerprint density at radius 2 is 2.44 bits per heavy atom. The molecule has 0 atom stereocenters. The fraction of sp³-hybridized carbons (Fsp3) is 0.800. The van der Waals surface area contributed by atoms with Gasteiger partial charge in [0.1, 0.15) is 0 Å². The summed E-state index contributed by atoms with van der Waals surface area (Å²) in [5.74, 6) is 0.782. The number of hydrogen-bond acceptors (Lipinski definition) is 3. The number of ether oxygens (including phenoxy) is 1. The van der Waals surface area contributed by atoms with Crippen LogP contribution < -0.4 is 5.32 Å². The molecule has 0 aliphatic carbocycles. The monoisotopic (exact) mass is 149 g/mol. The molecule has 0 saturated carbocycles. The molecule has 0 rings (SSSR count). The highest BCUT2D eigenvalue weighted by molar-refractivity contribution is 7.80. The summed E-state index contributed by atoms with van der Waals surface area (Å²) >= 11 is 3.96. The van der Waals surface area contributed by atoms with Crippen LogP contribution in [0.1, 0.15) is 6.42 Å². The van der Waals surface area contributed by atoms with Crippen LogP contribution in [-0.2, 0) is 4.74 Å². The quantitative estimate of drug-likeness (QED) is 0.457. The Morgan fingerprint density at radius 3 is 2.89 bits per heavy atom. The molecule has 0 aromatic heterocycles. The summed E-state index contributed by atoms with van der Waals surface area (Å²) in [4.78, 5) is 10.3. The van der Waals surface area contributed by atoms with E-state index in [1.54, 1.807) is 0 Å². The van der Waals surface area contributed by atoms with Gasteiger partial charge in [0, 0.05) is 6.54 Å². The first kappa shape index (κ1) is 8.62. The SMILES string of the molecule is COC(=O)NCCCS. The van der Waals surface area contributed by atoms with Crippen molar-refractivity contribution >= 4 is 18.7 Å². The Kier molecular flexibility index (Phi) is 5.51. The zero-order valence-electron chi connectivity index (χ0n) is 5.39. The number of carbonyl (C=O) groups is 1. The second-order valence-corrected chi connectivity index (χ2v) is 1.94. The van der Waals surface area contributed by atoms with Gasteiger partial charge in [0.05, 0.1) is 7.11 Å². The van der Waals surface area contributed by atoms with E-state index in [1.807, 2.05) is 0 Å². The van der Waals surface area contributed by atoms with Crippen molar-refractivity contribution in [3.8, 4) is 0 Å². The molecule has 4 heteroatoms. The van der Waals surface area contributed by atoms with E-state index in [2.05, 4.69) is 22.7 Å². The summed E-state index contributed by atoms with van der Waals surface area (Å²) in [5, 5.41) is 2.52. The van der Waals surface area contributed by atoms with Crippen molar-refractivity contribution in [3.63, 3.8) is 0 Å². The van der Waals surface area contributed by atoms with Crippen LogP contribution in [0.3, 0.4) is 0 Å². The first-order valence-corrected chi connectivity index (χ1v) is 3.37. The molecule has 1 amide bonds. The number of rotatable bonds is 3. The molecule has 0 radical (unpaired) electrons. The summed E-state index contributed by atoms with van der Waals surface area (Å²) in [5.41, 5.74) is 0. The molecule has 3 nitrogen and oxygen atoms in total. The standard InChI is InChI=1S/C5H11NO2S/c1-8-5(7)6-3-2-4-9/h9H,2-4H2,1H3,(H,6,7). The predicted molar refractivity (Wildman–Crippen MR) is 38.9 cm³/mol. The molecule has 0 aromatic rings. The first-order chi connectivity index (χ1) is 4.31. The van der Waals surface area contributed by atoms with Crippen LogP contribution in [0.25, 0.3) is 0 Å². The summed E-state index contributed by atoms with van der Waals surface area (Å²) in [7, 11) is 1.34. The van der Waals surface area contributed by atoms with Crippen molar-refractivity contribution in [2.75, 3.05) is 19.4 Å². The van der Waals surface area contributed by atoms with Gasteiger partial charge in [-0.3, -0.25) is 0 Å². The maximum Gasteiger partial charge on any atom is 0.406 e. The minimum absolute atomic E-state index is 0.378. The van der Waals surface area contributed by atoms with Gasteiger partial charge in [-0.1, -0.05) is 0 Å². The van der Waals surface area contributed by atoms with Crippen LogP contribution >= 0.6 is 12.6 Å². The van der Waals surface area contributed by atoms with Gasteiger partial charge in [0.2, 0.25) is 0 Å². The van der Waals surface area contributed by atoms with E-state index in [0.717, 1.165) is 12.2 Å². The number of thiol groups is 1. The fourth-order valence-electron chi connectivity index (χ4n) is 0.342. The van der Waals surface area contributed by atoms with Gasteiger partial charge in [-0.15, -0.1) is 0 Å². The number of alkyl carbamates (subject to hydrolysis) is 1. The van der Waals surface area contributed by atoms with E-state index < -0.39 is 0 Å². The second kappa shape index (κ2) is 5.75. The van der Waals surface area contributed by atoms with Gasteiger partial charge < -0.3 is 10.1 Å². The van der Waals surface area contributed by atoms with Crippen molar-refractivity contribution in [3.05, 3.63) is 0 Å². The average Bonchev–Trinajstić information content (AvgIpc) is 1.89. The molecular formula is C5H11NO2S. The number of carbonyl (C=O) groups excluding carboxylic acids is 1. The van der Waals surface area contributed by atoms with E-state index >= 15 is 0 Å². The topological polar surface area (TPSA) is 38.3 Å². The normalized spacial score (nSPS) is 8.67. The molecule has 0 fully saturated rings. The Hall–Kier alpha value is -0.380. The summed E-state index contributed by atoms with van der Waals surface area (Å²) in [6.07, 6.45) is 0.495. The van der Waals surface area contributed by atoms with Gasteiger partial charge in [0.15, 0.2) is 0 Å². The zero-order chi connectivity index (χ0) is 7.11. The highest BCUT2D eigenvalue weighted by Gasteiger charge is 1.93. The molecule has 0 heterocycles. The van der Waals surface area contributed by atoms with Crippen LogP contribution in [0.5, 0.6) is 0 Å². The lowest BCUT2D eigenvalue weighted by Gasteiger charge is -1.99. The lowest BCUT2D eigenvalue weighted by molar-refractivity contribution is 0.171. The third-order valence-electron chi connectivity index (χ3n) is 0.790. The van der Waals surface area contributed by atoms with Crippen LogP contribution in [0, 0.1) is 0 Å². The van der Waals surface area contributed by atoms with Crippen molar-refractivity contribution in [2.45, 2.75) is 6.42 Å². The minimum Gasteiger partial charge on any atom is -0.453 e. The van der Waals surface area contributed by atoms with Crippen LogP contribution in [0.2, 0.25) is 0 Å². The molecule has 1 N–H and O–H groups in total. The predicted octanol–water partition coefficient (Wildman–Crippen LogP) is 0.662. The largest absolute Gasteiger partial charge is 0.453 e. The van der Waals surface area contributed by atoms with Gasteiger partial charge in [0.25, 0.3) is 0 Å². The van der Waals surface area contributed by atoms with Gasteiger partial charge in [-0.2, -0.15) is 12.6 Å². The summed E-state index contributed by atoms with van der Waals surface area (Å²) in [6.45, 7) is 0.635. The Bertz CT molecular complexity index is 87.0.